The monoisotopic (exact) mass is 437 g/mol. The molecule has 2 heterocycles. The second-order valence-corrected chi connectivity index (χ2v) is 8.00. The van der Waals surface area contributed by atoms with Crippen LogP contribution in [0.2, 0.25) is 0 Å². The second-order valence-electron chi connectivity index (χ2n) is 8.00. The number of rotatable bonds is 8. The van der Waals surface area contributed by atoms with E-state index in [0.717, 1.165) is 57.1 Å². The summed E-state index contributed by atoms with van der Waals surface area (Å²) in [7, 11) is 0. The van der Waals surface area contributed by atoms with Crippen LogP contribution in [-0.2, 0) is 11.2 Å². The molecule has 0 radical (unpaired) electrons. The zero-order chi connectivity index (χ0) is 22.3. The Labute approximate surface area is 187 Å². The van der Waals surface area contributed by atoms with E-state index in [4.69, 9.17) is 0 Å². The number of aryl methyl sites for hydroxylation is 1. The minimum absolute atomic E-state index is 0.114. The fourth-order valence-electron chi connectivity index (χ4n) is 3.95. The number of amides is 1. The lowest BCUT2D eigenvalue weighted by Gasteiger charge is -2.37. The van der Waals surface area contributed by atoms with E-state index < -0.39 is 0 Å². The molecule has 4 rings (SSSR count). The van der Waals surface area contributed by atoms with Crippen molar-refractivity contribution in [2.45, 2.75) is 25.8 Å². The molecular weight excluding hydrogens is 409 g/mol. The van der Waals surface area contributed by atoms with Crippen molar-refractivity contribution in [3.05, 3.63) is 66.2 Å². The third kappa shape index (κ3) is 5.54. The molecule has 1 atom stereocenters. The zero-order valence-electron chi connectivity index (χ0n) is 18.2. The fourth-order valence-corrected chi connectivity index (χ4v) is 3.95. The highest BCUT2D eigenvalue weighted by Gasteiger charge is 2.25. The number of hydrogen-bond acceptors (Lipinski definition) is 6. The van der Waals surface area contributed by atoms with Crippen LogP contribution < -0.4 is 5.32 Å². The molecule has 1 N–H and O–H groups in total. The van der Waals surface area contributed by atoms with Gasteiger partial charge in [-0.25, -0.2) is 4.39 Å². The summed E-state index contributed by atoms with van der Waals surface area (Å²) in [5.74, 6) is 0.385. The van der Waals surface area contributed by atoms with Crippen LogP contribution in [0.5, 0.6) is 0 Å². The van der Waals surface area contributed by atoms with Crippen molar-refractivity contribution < 1.29 is 9.18 Å². The molecule has 0 aliphatic carbocycles. The van der Waals surface area contributed by atoms with E-state index in [1.165, 1.54) is 12.1 Å². The van der Waals surface area contributed by atoms with Crippen molar-refractivity contribution in [1.82, 2.24) is 30.0 Å². The fraction of sp³-hybridized carbons (Fsp3) is 0.391. The number of carbonyl (C=O) groups is 1. The molecular formula is C23H28FN7O. The van der Waals surface area contributed by atoms with Crippen molar-refractivity contribution >= 4 is 11.6 Å². The first-order valence-corrected chi connectivity index (χ1v) is 11.0. The lowest BCUT2D eigenvalue weighted by Crippen LogP contribution is -2.52. The first-order valence-electron chi connectivity index (χ1n) is 11.0. The number of nitrogens with one attached hydrogen (secondary N) is 1. The van der Waals surface area contributed by atoms with Crippen molar-refractivity contribution in [2.75, 3.05) is 38.0 Å². The average molecular weight is 438 g/mol. The molecule has 2 aromatic carbocycles. The first kappa shape index (κ1) is 22.0. The Bertz CT molecular complexity index is 1020. The van der Waals surface area contributed by atoms with Gasteiger partial charge in [0.2, 0.25) is 5.91 Å². The maximum Gasteiger partial charge on any atom is 0.241 e. The summed E-state index contributed by atoms with van der Waals surface area (Å²) in [4.78, 5) is 17.1. The largest absolute Gasteiger partial charge is 0.325 e. The lowest BCUT2D eigenvalue weighted by molar-refractivity contribution is -0.121. The van der Waals surface area contributed by atoms with Gasteiger partial charge in [0.05, 0.1) is 11.7 Å². The lowest BCUT2D eigenvalue weighted by atomic mass is 10.2. The van der Waals surface area contributed by atoms with E-state index in [0.29, 0.717) is 5.69 Å². The van der Waals surface area contributed by atoms with Crippen LogP contribution in [0.4, 0.5) is 10.1 Å². The average Bonchev–Trinajstić information content (AvgIpc) is 3.28. The van der Waals surface area contributed by atoms with Gasteiger partial charge in [-0.15, -0.1) is 5.10 Å². The number of halogens is 1. The van der Waals surface area contributed by atoms with E-state index in [1.54, 1.807) is 16.8 Å². The molecule has 9 heteroatoms. The van der Waals surface area contributed by atoms with Gasteiger partial charge in [0.15, 0.2) is 5.82 Å². The SMILES string of the molecule is C[C@H](C(=O)Nc1cccc(F)c1)N1CCN(CCCc2nnnn2-c2ccccc2)CC1. The van der Waals surface area contributed by atoms with Crippen LogP contribution in [0.25, 0.3) is 5.69 Å². The topological polar surface area (TPSA) is 79.2 Å². The summed E-state index contributed by atoms with van der Waals surface area (Å²) >= 11 is 0. The van der Waals surface area contributed by atoms with Crippen LogP contribution in [0, 0.1) is 5.82 Å². The maximum atomic E-state index is 13.3. The normalized spacial score (nSPS) is 16.1. The molecule has 1 saturated heterocycles. The molecule has 168 valence electrons. The van der Waals surface area contributed by atoms with Gasteiger partial charge in [-0.1, -0.05) is 24.3 Å². The minimum Gasteiger partial charge on any atom is -0.325 e. The van der Waals surface area contributed by atoms with Crippen LogP contribution in [0.3, 0.4) is 0 Å². The van der Waals surface area contributed by atoms with Gasteiger partial charge >= 0.3 is 0 Å². The molecule has 0 spiro atoms. The molecule has 1 aromatic heterocycles. The predicted molar refractivity (Wildman–Crippen MR) is 120 cm³/mol. The molecule has 1 fully saturated rings. The van der Waals surface area contributed by atoms with Gasteiger partial charge in [-0.05, 0) is 60.6 Å². The van der Waals surface area contributed by atoms with Gasteiger partial charge in [-0.2, -0.15) is 4.68 Å². The summed E-state index contributed by atoms with van der Waals surface area (Å²) in [6.45, 7) is 6.30. The van der Waals surface area contributed by atoms with Crippen molar-refractivity contribution in [2.24, 2.45) is 0 Å². The molecule has 0 saturated carbocycles. The van der Waals surface area contributed by atoms with E-state index in [2.05, 4.69) is 30.6 Å². The number of carbonyl (C=O) groups excluding carboxylic acids is 1. The number of anilines is 1. The Kier molecular flexibility index (Phi) is 7.18. The van der Waals surface area contributed by atoms with Crippen molar-refractivity contribution in [3.8, 4) is 5.69 Å². The predicted octanol–water partition coefficient (Wildman–Crippen LogP) is 2.38. The summed E-state index contributed by atoms with van der Waals surface area (Å²) < 4.78 is 15.1. The Morgan fingerprint density at radius 2 is 1.88 bits per heavy atom. The van der Waals surface area contributed by atoms with Crippen LogP contribution in [0.1, 0.15) is 19.2 Å². The van der Waals surface area contributed by atoms with Crippen LogP contribution in [0.15, 0.2) is 54.6 Å². The summed E-state index contributed by atoms with van der Waals surface area (Å²) in [5.41, 5.74) is 1.45. The zero-order valence-corrected chi connectivity index (χ0v) is 18.2. The highest BCUT2D eigenvalue weighted by molar-refractivity contribution is 5.94. The van der Waals surface area contributed by atoms with Gasteiger partial charge < -0.3 is 10.2 Å². The number of hydrogen-bond donors (Lipinski definition) is 1. The van der Waals surface area contributed by atoms with Crippen LogP contribution >= 0.6 is 0 Å². The van der Waals surface area contributed by atoms with E-state index in [1.807, 2.05) is 37.3 Å². The van der Waals surface area contributed by atoms with E-state index >= 15 is 0 Å². The highest BCUT2D eigenvalue weighted by atomic mass is 19.1. The number of para-hydroxylation sites is 1. The van der Waals surface area contributed by atoms with Gasteiger partial charge in [-0.3, -0.25) is 9.69 Å². The Morgan fingerprint density at radius 1 is 1.09 bits per heavy atom. The Morgan fingerprint density at radius 3 is 2.62 bits per heavy atom. The molecule has 3 aromatic rings. The summed E-state index contributed by atoms with van der Waals surface area (Å²) in [6.07, 6.45) is 1.76. The summed E-state index contributed by atoms with van der Waals surface area (Å²) in [5, 5.41) is 14.9. The molecule has 0 unspecified atom stereocenters. The minimum atomic E-state index is -0.359. The number of piperazine rings is 1. The quantitative estimate of drug-likeness (QED) is 0.583. The van der Waals surface area contributed by atoms with Gasteiger partial charge in [0.1, 0.15) is 5.82 Å². The van der Waals surface area contributed by atoms with E-state index in [9.17, 15) is 9.18 Å². The number of benzene rings is 2. The first-order chi connectivity index (χ1) is 15.6. The second kappa shape index (κ2) is 10.4. The smallest absolute Gasteiger partial charge is 0.241 e. The molecule has 8 nitrogen and oxygen atoms in total. The van der Waals surface area contributed by atoms with Crippen LogP contribution in [-0.4, -0.2) is 74.7 Å². The standard InChI is InChI=1S/C23H28FN7O/c1-18(23(32)25-20-8-5-7-19(24)17-20)30-15-13-29(14-16-30)12-6-11-22-26-27-28-31(22)21-9-3-2-4-10-21/h2-5,7-10,17-18H,6,11-16H2,1H3,(H,25,32)/t18-/m1/s1. The Hall–Kier alpha value is -3.17. The number of tetrazole rings is 1. The molecule has 0 bridgehead atoms. The molecule has 1 aliphatic heterocycles. The number of nitrogens with zero attached hydrogens (tertiary/aromatic N) is 6. The van der Waals surface area contributed by atoms with Gasteiger partial charge in [0, 0.05) is 38.3 Å². The molecule has 1 aliphatic rings. The molecule has 32 heavy (non-hydrogen) atoms. The number of aromatic nitrogens is 4. The highest BCUT2D eigenvalue weighted by Crippen LogP contribution is 2.13. The van der Waals surface area contributed by atoms with Crippen molar-refractivity contribution in [3.63, 3.8) is 0 Å². The summed E-state index contributed by atoms with van der Waals surface area (Å²) in [6, 6.07) is 15.6. The maximum absolute atomic E-state index is 13.3. The Balaban J connectivity index is 1.21. The van der Waals surface area contributed by atoms with Gasteiger partial charge in [0.25, 0.3) is 0 Å². The van der Waals surface area contributed by atoms with Crippen molar-refractivity contribution in [1.29, 1.82) is 0 Å². The molecule has 1 amide bonds. The third-order valence-electron chi connectivity index (χ3n) is 5.84. The van der Waals surface area contributed by atoms with E-state index in [-0.39, 0.29) is 17.8 Å². The third-order valence-corrected chi connectivity index (χ3v) is 5.84.